The lowest BCUT2D eigenvalue weighted by Gasteiger charge is -2.57. The molecular weight excluding hydrogens is 416 g/mol. The van der Waals surface area contributed by atoms with Crippen molar-refractivity contribution in [1.29, 1.82) is 0 Å². The van der Waals surface area contributed by atoms with Crippen molar-refractivity contribution in [3.63, 3.8) is 0 Å². The van der Waals surface area contributed by atoms with Crippen LogP contribution < -0.4 is 5.32 Å². The number of sulfone groups is 1. The van der Waals surface area contributed by atoms with Gasteiger partial charge in [-0.3, -0.25) is 4.79 Å². The standard InChI is InChI=1S/C20H19ClN2O5S/c1-29(25,26)17-5-4-16(27-17)18(24)22-13-9-20(10-13)7-11(8-20)19-23-14-6-12(21)2-3-15(14)28-19/h2-6,11,13H,7-10H2,1H3,(H,22,24). The Morgan fingerprint density at radius 1 is 1.17 bits per heavy atom. The van der Waals surface area contributed by atoms with Crippen molar-refractivity contribution in [3.05, 3.63) is 47.0 Å². The number of aromatic nitrogens is 1. The maximum absolute atomic E-state index is 12.3. The molecule has 2 heterocycles. The third-order valence-corrected chi connectivity index (χ3v) is 7.12. The normalized spacial score (nSPS) is 26.3. The second-order valence-electron chi connectivity index (χ2n) is 8.24. The quantitative estimate of drug-likeness (QED) is 0.667. The maximum atomic E-state index is 12.3. The van der Waals surface area contributed by atoms with E-state index in [1.165, 1.54) is 12.1 Å². The van der Waals surface area contributed by atoms with Gasteiger partial charge in [0.25, 0.3) is 5.91 Å². The fourth-order valence-corrected chi connectivity index (χ4v) is 5.29. The highest BCUT2D eigenvalue weighted by atomic mass is 35.5. The second kappa shape index (κ2) is 6.34. The first-order valence-corrected chi connectivity index (χ1v) is 11.6. The summed E-state index contributed by atoms with van der Waals surface area (Å²) in [5, 5.41) is 3.36. The summed E-state index contributed by atoms with van der Waals surface area (Å²) in [4.78, 5) is 16.8. The number of fused-ring (bicyclic) bond motifs is 1. The molecule has 0 saturated heterocycles. The molecule has 2 aliphatic rings. The number of carbonyl (C=O) groups is 1. The lowest BCUT2D eigenvalue weighted by atomic mass is 9.50. The molecule has 1 aromatic carbocycles. The van der Waals surface area contributed by atoms with Gasteiger partial charge in [-0.05, 0) is 61.4 Å². The highest BCUT2D eigenvalue weighted by Crippen LogP contribution is 2.61. The van der Waals surface area contributed by atoms with Crippen LogP contribution >= 0.6 is 11.6 Å². The van der Waals surface area contributed by atoms with Crippen molar-refractivity contribution in [3.8, 4) is 0 Å². The minimum Gasteiger partial charge on any atom is -0.440 e. The van der Waals surface area contributed by atoms with E-state index in [1.54, 1.807) is 12.1 Å². The summed E-state index contributed by atoms with van der Waals surface area (Å²) in [6.07, 6.45) is 4.79. The zero-order valence-electron chi connectivity index (χ0n) is 15.6. The van der Waals surface area contributed by atoms with E-state index in [9.17, 15) is 13.2 Å². The average molecular weight is 435 g/mol. The molecule has 0 bridgehead atoms. The Morgan fingerprint density at radius 2 is 1.93 bits per heavy atom. The van der Waals surface area contributed by atoms with E-state index in [0.717, 1.165) is 48.9 Å². The lowest BCUT2D eigenvalue weighted by molar-refractivity contribution is -0.0256. The van der Waals surface area contributed by atoms with Crippen LogP contribution in [0.1, 0.15) is 48.0 Å². The van der Waals surface area contributed by atoms with Crippen molar-refractivity contribution in [2.24, 2.45) is 5.41 Å². The number of rotatable bonds is 4. The number of amides is 1. The number of oxazole rings is 1. The van der Waals surface area contributed by atoms with Gasteiger partial charge in [0.2, 0.25) is 14.9 Å². The summed E-state index contributed by atoms with van der Waals surface area (Å²) in [6.45, 7) is 0. The van der Waals surface area contributed by atoms with Crippen LogP contribution in [-0.2, 0) is 9.84 Å². The van der Waals surface area contributed by atoms with Crippen molar-refractivity contribution in [2.75, 3.05) is 6.26 Å². The van der Waals surface area contributed by atoms with Gasteiger partial charge in [0.1, 0.15) is 5.52 Å². The zero-order valence-corrected chi connectivity index (χ0v) is 17.2. The van der Waals surface area contributed by atoms with Crippen LogP contribution in [0.4, 0.5) is 0 Å². The fraction of sp³-hybridized carbons (Fsp3) is 0.400. The molecule has 29 heavy (non-hydrogen) atoms. The molecule has 2 saturated carbocycles. The first kappa shape index (κ1) is 18.7. The third kappa shape index (κ3) is 3.34. The summed E-state index contributed by atoms with van der Waals surface area (Å²) < 4.78 is 34.0. The van der Waals surface area contributed by atoms with Crippen LogP contribution in [0.2, 0.25) is 5.02 Å². The van der Waals surface area contributed by atoms with Gasteiger partial charge < -0.3 is 14.2 Å². The molecule has 2 aliphatic carbocycles. The SMILES string of the molecule is CS(=O)(=O)c1ccc(C(=O)NC2CC3(C2)CC(c2nc4cc(Cl)ccc4o2)C3)o1. The van der Waals surface area contributed by atoms with E-state index in [4.69, 9.17) is 20.4 Å². The summed E-state index contributed by atoms with van der Waals surface area (Å²) in [5.41, 5.74) is 1.75. The largest absolute Gasteiger partial charge is 0.440 e. The maximum Gasteiger partial charge on any atom is 0.287 e. The van der Waals surface area contributed by atoms with Gasteiger partial charge in [0.15, 0.2) is 17.2 Å². The van der Waals surface area contributed by atoms with E-state index >= 15 is 0 Å². The van der Waals surface area contributed by atoms with Gasteiger partial charge in [-0.15, -0.1) is 0 Å². The Hall–Kier alpha value is -2.32. The minimum atomic E-state index is -3.46. The zero-order chi connectivity index (χ0) is 20.4. The van der Waals surface area contributed by atoms with Gasteiger partial charge in [0.05, 0.1) is 0 Å². The van der Waals surface area contributed by atoms with Crippen LogP contribution in [0.25, 0.3) is 11.1 Å². The fourth-order valence-electron chi connectivity index (χ4n) is 4.57. The molecule has 2 aromatic heterocycles. The molecule has 7 nitrogen and oxygen atoms in total. The number of nitrogens with one attached hydrogen (secondary N) is 1. The van der Waals surface area contributed by atoms with Crippen LogP contribution in [-0.4, -0.2) is 31.6 Å². The molecule has 0 unspecified atom stereocenters. The minimum absolute atomic E-state index is 0.0167. The molecule has 5 rings (SSSR count). The number of benzene rings is 1. The summed E-state index contributed by atoms with van der Waals surface area (Å²) in [5.74, 6) is 0.680. The smallest absolute Gasteiger partial charge is 0.287 e. The molecular formula is C20H19ClN2O5S. The van der Waals surface area contributed by atoms with E-state index in [1.807, 2.05) is 6.07 Å². The van der Waals surface area contributed by atoms with Crippen LogP contribution in [0.3, 0.4) is 0 Å². The first-order chi connectivity index (χ1) is 13.7. The van der Waals surface area contributed by atoms with Crippen molar-refractivity contribution in [2.45, 2.75) is 42.7 Å². The highest BCUT2D eigenvalue weighted by Gasteiger charge is 2.54. The van der Waals surface area contributed by atoms with E-state index in [0.29, 0.717) is 10.9 Å². The third-order valence-electron chi connectivity index (χ3n) is 5.94. The predicted octanol–water partition coefficient (Wildman–Crippen LogP) is 3.93. The van der Waals surface area contributed by atoms with Crippen molar-refractivity contribution < 1.29 is 22.0 Å². The van der Waals surface area contributed by atoms with Gasteiger partial charge in [-0.1, -0.05) is 11.6 Å². The topological polar surface area (TPSA) is 102 Å². The number of furan rings is 1. The Bertz CT molecular complexity index is 1210. The Morgan fingerprint density at radius 3 is 2.62 bits per heavy atom. The molecule has 152 valence electrons. The number of halogens is 1. The highest BCUT2D eigenvalue weighted by molar-refractivity contribution is 7.90. The van der Waals surface area contributed by atoms with Crippen LogP contribution in [0.15, 0.2) is 44.3 Å². The first-order valence-electron chi connectivity index (χ1n) is 9.38. The van der Waals surface area contributed by atoms with Gasteiger partial charge in [-0.25, -0.2) is 13.4 Å². The van der Waals surface area contributed by atoms with Crippen molar-refractivity contribution in [1.82, 2.24) is 10.3 Å². The molecule has 1 N–H and O–H groups in total. The lowest BCUT2D eigenvalue weighted by Crippen LogP contribution is -2.55. The number of hydrogen-bond acceptors (Lipinski definition) is 6. The average Bonchev–Trinajstić information content (AvgIpc) is 3.21. The molecule has 0 atom stereocenters. The van der Waals surface area contributed by atoms with Gasteiger partial charge in [-0.2, -0.15) is 0 Å². The Balaban J connectivity index is 1.16. The Labute approximate surface area is 172 Å². The van der Waals surface area contributed by atoms with Crippen LogP contribution in [0, 0.1) is 5.41 Å². The molecule has 1 amide bonds. The number of nitrogens with zero attached hydrogens (tertiary/aromatic N) is 1. The molecule has 2 fully saturated rings. The predicted molar refractivity (Wildman–Crippen MR) is 106 cm³/mol. The summed E-state index contributed by atoms with van der Waals surface area (Å²) in [6, 6.07) is 8.18. The molecule has 9 heteroatoms. The van der Waals surface area contributed by atoms with Gasteiger partial charge in [0, 0.05) is 23.2 Å². The van der Waals surface area contributed by atoms with Gasteiger partial charge >= 0.3 is 0 Å². The summed E-state index contributed by atoms with van der Waals surface area (Å²) >= 11 is 6.00. The van der Waals surface area contributed by atoms with E-state index < -0.39 is 9.84 Å². The van der Waals surface area contributed by atoms with E-state index in [-0.39, 0.29) is 28.2 Å². The molecule has 3 aromatic rings. The van der Waals surface area contributed by atoms with E-state index in [2.05, 4.69) is 10.3 Å². The second-order valence-corrected chi connectivity index (χ2v) is 10.6. The molecule has 0 radical (unpaired) electrons. The Kier molecular flexibility index (Phi) is 4.08. The summed E-state index contributed by atoms with van der Waals surface area (Å²) in [7, 11) is -3.46. The van der Waals surface area contributed by atoms with Crippen LogP contribution in [0.5, 0.6) is 0 Å². The molecule has 0 aliphatic heterocycles. The van der Waals surface area contributed by atoms with Crippen molar-refractivity contribution >= 4 is 38.4 Å². The molecule has 1 spiro atoms. The monoisotopic (exact) mass is 434 g/mol. The number of carbonyl (C=O) groups excluding carboxylic acids is 1. The number of hydrogen-bond donors (Lipinski definition) is 1.